The van der Waals surface area contributed by atoms with Gasteiger partial charge in [0, 0.05) is 22.0 Å². The molecule has 1 aromatic heterocycles. The van der Waals surface area contributed by atoms with Crippen molar-refractivity contribution in [3.8, 4) is 10.6 Å². The van der Waals surface area contributed by atoms with Crippen molar-refractivity contribution in [1.82, 2.24) is 10.3 Å². The first-order valence-corrected chi connectivity index (χ1v) is 7.51. The molecule has 1 heterocycles. The highest BCUT2D eigenvalue weighted by atomic mass is 35.5. The number of hydrogen-bond acceptors (Lipinski definition) is 3. The fraction of sp³-hybridized carbons (Fsp3) is 0.357. The zero-order valence-electron chi connectivity index (χ0n) is 10.9. The number of halogens is 2. The monoisotopic (exact) mass is 298 g/mol. The van der Waals surface area contributed by atoms with Gasteiger partial charge in [-0.05, 0) is 38.1 Å². The lowest BCUT2D eigenvalue weighted by molar-refractivity contribution is 0.561. The molecule has 0 bridgehead atoms. The van der Waals surface area contributed by atoms with E-state index in [1.807, 2.05) is 5.38 Å². The van der Waals surface area contributed by atoms with Crippen LogP contribution in [0.4, 0.5) is 4.39 Å². The standard InChI is InChI=1S/C14H16ClFN2S/c1-3-4-17-9(2)13-8-19-14(18-13)10-5-11(15)7-12(16)6-10/h5-9,17H,3-4H2,1-2H3. The summed E-state index contributed by atoms with van der Waals surface area (Å²) in [4.78, 5) is 4.55. The predicted octanol–water partition coefficient (Wildman–Crippen LogP) is 4.66. The average molecular weight is 299 g/mol. The summed E-state index contributed by atoms with van der Waals surface area (Å²) in [5, 5.41) is 6.57. The van der Waals surface area contributed by atoms with E-state index in [2.05, 4.69) is 24.1 Å². The lowest BCUT2D eigenvalue weighted by Crippen LogP contribution is -2.19. The van der Waals surface area contributed by atoms with E-state index in [4.69, 9.17) is 11.6 Å². The van der Waals surface area contributed by atoms with Gasteiger partial charge in [0.05, 0.1) is 5.69 Å². The van der Waals surface area contributed by atoms with Gasteiger partial charge in [0.25, 0.3) is 0 Å². The molecule has 1 N–H and O–H groups in total. The lowest BCUT2D eigenvalue weighted by Gasteiger charge is -2.09. The van der Waals surface area contributed by atoms with Crippen LogP contribution in [0.2, 0.25) is 5.02 Å². The SMILES string of the molecule is CCCNC(C)c1csc(-c2cc(F)cc(Cl)c2)n1. The highest BCUT2D eigenvalue weighted by molar-refractivity contribution is 7.13. The van der Waals surface area contributed by atoms with Gasteiger partial charge in [0.1, 0.15) is 10.8 Å². The van der Waals surface area contributed by atoms with Gasteiger partial charge in [-0.3, -0.25) is 0 Å². The first-order chi connectivity index (χ1) is 9.10. The van der Waals surface area contributed by atoms with E-state index >= 15 is 0 Å². The predicted molar refractivity (Wildman–Crippen MR) is 79.2 cm³/mol. The third kappa shape index (κ3) is 3.75. The van der Waals surface area contributed by atoms with Crippen molar-refractivity contribution in [2.75, 3.05) is 6.54 Å². The van der Waals surface area contributed by atoms with Gasteiger partial charge in [0.15, 0.2) is 0 Å². The van der Waals surface area contributed by atoms with Crippen molar-refractivity contribution >= 4 is 22.9 Å². The fourth-order valence-electron chi connectivity index (χ4n) is 1.76. The minimum absolute atomic E-state index is 0.203. The molecule has 2 aromatic rings. The number of nitrogens with zero attached hydrogens (tertiary/aromatic N) is 1. The van der Waals surface area contributed by atoms with Crippen LogP contribution in [0.25, 0.3) is 10.6 Å². The Labute approximate surface area is 121 Å². The van der Waals surface area contributed by atoms with Gasteiger partial charge >= 0.3 is 0 Å². The quantitative estimate of drug-likeness (QED) is 0.868. The Hall–Kier alpha value is -0.970. The van der Waals surface area contributed by atoms with Crippen LogP contribution in [0.15, 0.2) is 23.6 Å². The summed E-state index contributed by atoms with van der Waals surface area (Å²) in [7, 11) is 0. The molecule has 1 atom stereocenters. The number of benzene rings is 1. The number of nitrogens with one attached hydrogen (secondary N) is 1. The van der Waals surface area contributed by atoms with Crippen LogP contribution in [-0.2, 0) is 0 Å². The molecule has 2 rings (SSSR count). The van der Waals surface area contributed by atoms with Crippen molar-refractivity contribution in [3.05, 3.63) is 40.1 Å². The largest absolute Gasteiger partial charge is 0.309 e. The molecule has 19 heavy (non-hydrogen) atoms. The van der Waals surface area contributed by atoms with Crippen molar-refractivity contribution in [2.45, 2.75) is 26.3 Å². The maximum absolute atomic E-state index is 13.3. The fourth-order valence-corrected chi connectivity index (χ4v) is 2.88. The Bertz CT molecular complexity index is 536. The van der Waals surface area contributed by atoms with Crippen molar-refractivity contribution in [3.63, 3.8) is 0 Å². The molecule has 0 saturated carbocycles. The van der Waals surface area contributed by atoms with E-state index in [0.29, 0.717) is 5.02 Å². The van der Waals surface area contributed by atoms with E-state index in [0.717, 1.165) is 29.2 Å². The molecule has 0 fully saturated rings. The summed E-state index contributed by atoms with van der Waals surface area (Å²) in [6, 6.07) is 4.69. The molecule has 102 valence electrons. The van der Waals surface area contributed by atoms with Gasteiger partial charge < -0.3 is 5.32 Å². The first kappa shape index (κ1) is 14.4. The van der Waals surface area contributed by atoms with E-state index in [1.54, 1.807) is 6.07 Å². The molecule has 5 heteroatoms. The molecule has 0 aliphatic rings. The number of aromatic nitrogens is 1. The smallest absolute Gasteiger partial charge is 0.125 e. The van der Waals surface area contributed by atoms with Gasteiger partial charge in [0.2, 0.25) is 0 Å². The highest BCUT2D eigenvalue weighted by Gasteiger charge is 2.11. The topological polar surface area (TPSA) is 24.9 Å². The zero-order chi connectivity index (χ0) is 13.8. The summed E-state index contributed by atoms with van der Waals surface area (Å²) in [6.07, 6.45) is 1.08. The second kappa shape index (κ2) is 6.46. The van der Waals surface area contributed by atoms with Crippen LogP contribution in [-0.4, -0.2) is 11.5 Å². The molecule has 1 aromatic carbocycles. The molecule has 0 saturated heterocycles. The van der Waals surface area contributed by atoms with Crippen molar-refractivity contribution in [1.29, 1.82) is 0 Å². The summed E-state index contributed by atoms with van der Waals surface area (Å²) in [6.45, 7) is 5.16. The first-order valence-electron chi connectivity index (χ1n) is 6.25. The Balaban J connectivity index is 2.20. The van der Waals surface area contributed by atoms with Gasteiger partial charge in [-0.2, -0.15) is 0 Å². The van der Waals surface area contributed by atoms with Crippen LogP contribution in [0.3, 0.4) is 0 Å². The summed E-state index contributed by atoms with van der Waals surface area (Å²) >= 11 is 7.37. The maximum Gasteiger partial charge on any atom is 0.125 e. The van der Waals surface area contributed by atoms with Crippen LogP contribution < -0.4 is 5.32 Å². The highest BCUT2D eigenvalue weighted by Crippen LogP contribution is 2.28. The Kier molecular flexibility index (Phi) is 4.91. The Morgan fingerprint density at radius 3 is 2.89 bits per heavy atom. The summed E-state index contributed by atoms with van der Waals surface area (Å²) < 4.78 is 13.3. The summed E-state index contributed by atoms with van der Waals surface area (Å²) in [5.74, 6) is -0.337. The molecule has 1 unspecified atom stereocenters. The van der Waals surface area contributed by atoms with Crippen molar-refractivity contribution in [2.24, 2.45) is 0 Å². The van der Waals surface area contributed by atoms with Crippen LogP contribution in [0.5, 0.6) is 0 Å². The maximum atomic E-state index is 13.3. The minimum Gasteiger partial charge on any atom is -0.309 e. The third-order valence-electron chi connectivity index (χ3n) is 2.78. The number of hydrogen-bond donors (Lipinski definition) is 1. The number of rotatable bonds is 5. The second-order valence-corrected chi connectivity index (χ2v) is 5.71. The molecular weight excluding hydrogens is 283 g/mol. The average Bonchev–Trinajstić information content (AvgIpc) is 2.84. The molecule has 0 amide bonds. The summed E-state index contributed by atoms with van der Waals surface area (Å²) in [5.41, 5.74) is 1.71. The molecule has 0 spiro atoms. The zero-order valence-corrected chi connectivity index (χ0v) is 12.5. The van der Waals surface area contributed by atoms with E-state index in [1.165, 1.54) is 23.5 Å². The molecule has 0 radical (unpaired) electrons. The van der Waals surface area contributed by atoms with Gasteiger partial charge in [-0.25, -0.2) is 9.37 Å². The molecule has 2 nitrogen and oxygen atoms in total. The molecular formula is C14H16ClFN2S. The van der Waals surface area contributed by atoms with E-state index in [-0.39, 0.29) is 11.9 Å². The van der Waals surface area contributed by atoms with E-state index < -0.39 is 0 Å². The number of thiazole rings is 1. The third-order valence-corrected chi connectivity index (χ3v) is 3.90. The van der Waals surface area contributed by atoms with Crippen molar-refractivity contribution < 1.29 is 4.39 Å². The Morgan fingerprint density at radius 1 is 1.42 bits per heavy atom. The minimum atomic E-state index is -0.337. The lowest BCUT2D eigenvalue weighted by atomic mass is 10.2. The van der Waals surface area contributed by atoms with Gasteiger partial charge in [-0.1, -0.05) is 18.5 Å². The molecule has 0 aliphatic carbocycles. The Morgan fingerprint density at radius 2 is 2.21 bits per heavy atom. The van der Waals surface area contributed by atoms with Crippen LogP contribution >= 0.6 is 22.9 Å². The van der Waals surface area contributed by atoms with E-state index in [9.17, 15) is 4.39 Å². The van der Waals surface area contributed by atoms with Gasteiger partial charge in [-0.15, -0.1) is 11.3 Å². The van der Waals surface area contributed by atoms with Crippen LogP contribution in [0, 0.1) is 5.82 Å². The second-order valence-electron chi connectivity index (χ2n) is 4.41. The normalized spacial score (nSPS) is 12.6. The molecule has 0 aliphatic heterocycles. The van der Waals surface area contributed by atoms with Crippen LogP contribution in [0.1, 0.15) is 32.0 Å².